The largest absolute Gasteiger partial charge is 0.369 e. The molecular formula is C15H24N6O2. The van der Waals surface area contributed by atoms with Crippen molar-refractivity contribution in [1.29, 1.82) is 0 Å². The number of primary amides is 1. The van der Waals surface area contributed by atoms with Crippen LogP contribution in [0.15, 0.2) is 12.7 Å². The van der Waals surface area contributed by atoms with Crippen LogP contribution < -0.4 is 5.73 Å². The van der Waals surface area contributed by atoms with Gasteiger partial charge in [0.2, 0.25) is 11.8 Å². The molecule has 2 aliphatic rings. The molecule has 126 valence electrons. The second-order valence-electron chi connectivity index (χ2n) is 6.51. The normalized spacial score (nSPS) is 23.8. The van der Waals surface area contributed by atoms with E-state index in [2.05, 4.69) is 10.2 Å². The first kappa shape index (κ1) is 15.9. The lowest BCUT2D eigenvalue weighted by molar-refractivity contribution is -0.139. The summed E-state index contributed by atoms with van der Waals surface area (Å²) in [6.07, 6.45) is 7.19. The average molecular weight is 320 g/mol. The lowest BCUT2D eigenvalue weighted by atomic mass is 9.95. The third-order valence-electron chi connectivity index (χ3n) is 4.87. The molecular weight excluding hydrogens is 296 g/mol. The smallest absolute Gasteiger partial charge is 0.231 e. The molecule has 0 bridgehead atoms. The van der Waals surface area contributed by atoms with Gasteiger partial charge in [0.15, 0.2) is 0 Å². The van der Waals surface area contributed by atoms with Crippen molar-refractivity contribution < 1.29 is 9.59 Å². The lowest BCUT2D eigenvalue weighted by Gasteiger charge is -2.37. The first-order chi connectivity index (χ1) is 11.1. The van der Waals surface area contributed by atoms with E-state index in [0.29, 0.717) is 12.6 Å². The van der Waals surface area contributed by atoms with Gasteiger partial charge in [-0.3, -0.25) is 14.5 Å². The zero-order valence-corrected chi connectivity index (χ0v) is 13.3. The summed E-state index contributed by atoms with van der Waals surface area (Å²) in [7, 11) is 0. The number of carbonyl (C=O) groups excluding carboxylic acids is 2. The van der Waals surface area contributed by atoms with Gasteiger partial charge in [0.1, 0.15) is 12.7 Å². The third kappa shape index (κ3) is 3.87. The molecule has 2 aliphatic heterocycles. The molecule has 3 heterocycles. The summed E-state index contributed by atoms with van der Waals surface area (Å²) in [5.74, 6) is -0.108. The van der Waals surface area contributed by atoms with Gasteiger partial charge in [0.25, 0.3) is 0 Å². The molecule has 2 amide bonds. The van der Waals surface area contributed by atoms with Crippen molar-refractivity contribution in [3.63, 3.8) is 0 Å². The van der Waals surface area contributed by atoms with Gasteiger partial charge in [-0.25, -0.2) is 0 Å². The Morgan fingerprint density at radius 2 is 1.78 bits per heavy atom. The first-order valence-corrected chi connectivity index (χ1v) is 8.27. The van der Waals surface area contributed by atoms with Crippen LogP contribution in [0.1, 0.15) is 31.7 Å². The van der Waals surface area contributed by atoms with Gasteiger partial charge >= 0.3 is 0 Å². The number of piperidine rings is 2. The molecule has 2 N–H and O–H groups in total. The van der Waals surface area contributed by atoms with Gasteiger partial charge in [-0.05, 0) is 32.2 Å². The van der Waals surface area contributed by atoms with Crippen molar-refractivity contribution in [2.45, 2.75) is 31.7 Å². The monoisotopic (exact) mass is 320 g/mol. The second-order valence-corrected chi connectivity index (χ2v) is 6.51. The Balaban J connectivity index is 1.51. The summed E-state index contributed by atoms with van der Waals surface area (Å²) in [6, 6.07) is 0.381. The van der Waals surface area contributed by atoms with Crippen LogP contribution in [0.25, 0.3) is 0 Å². The maximum absolute atomic E-state index is 12.7. The van der Waals surface area contributed by atoms with Crippen LogP contribution in [-0.2, 0) is 9.59 Å². The van der Waals surface area contributed by atoms with Crippen LogP contribution in [0.5, 0.6) is 0 Å². The van der Waals surface area contributed by atoms with Gasteiger partial charge in [0, 0.05) is 25.7 Å². The Hall–Kier alpha value is -1.96. The Morgan fingerprint density at radius 1 is 1.09 bits per heavy atom. The van der Waals surface area contributed by atoms with Crippen molar-refractivity contribution in [2.24, 2.45) is 11.7 Å². The Kier molecular flexibility index (Phi) is 4.90. The topological polar surface area (TPSA) is 97.3 Å². The number of likely N-dealkylation sites (tertiary alicyclic amines) is 2. The van der Waals surface area contributed by atoms with Gasteiger partial charge in [-0.2, -0.15) is 0 Å². The van der Waals surface area contributed by atoms with Gasteiger partial charge in [-0.15, -0.1) is 10.2 Å². The maximum Gasteiger partial charge on any atom is 0.231 e. The SMILES string of the molecule is NC(=O)CN1CCC[C@@H](C(=O)N2CCC(n3cnnc3)CC2)C1. The van der Waals surface area contributed by atoms with Crippen LogP contribution >= 0.6 is 0 Å². The van der Waals surface area contributed by atoms with Gasteiger partial charge in [0.05, 0.1) is 12.5 Å². The van der Waals surface area contributed by atoms with Crippen LogP contribution in [-0.4, -0.2) is 69.1 Å². The summed E-state index contributed by atoms with van der Waals surface area (Å²) in [5, 5.41) is 7.69. The zero-order valence-electron chi connectivity index (χ0n) is 13.3. The van der Waals surface area contributed by atoms with E-state index < -0.39 is 0 Å². The molecule has 0 aromatic carbocycles. The van der Waals surface area contributed by atoms with E-state index in [1.54, 1.807) is 12.7 Å². The van der Waals surface area contributed by atoms with Crippen molar-refractivity contribution in [1.82, 2.24) is 24.6 Å². The van der Waals surface area contributed by atoms with Crippen LogP contribution in [0.4, 0.5) is 0 Å². The molecule has 2 saturated heterocycles. The number of hydrogen-bond donors (Lipinski definition) is 1. The lowest BCUT2D eigenvalue weighted by Crippen LogP contribution is -2.48. The minimum atomic E-state index is -0.326. The van der Waals surface area contributed by atoms with Crippen molar-refractivity contribution in [2.75, 3.05) is 32.7 Å². The predicted octanol–water partition coefficient (Wildman–Crippen LogP) is -0.361. The number of nitrogens with zero attached hydrogens (tertiary/aromatic N) is 5. The molecule has 8 heteroatoms. The number of rotatable bonds is 4. The highest BCUT2D eigenvalue weighted by atomic mass is 16.2. The average Bonchev–Trinajstić information content (AvgIpc) is 3.08. The van der Waals surface area contributed by atoms with Crippen molar-refractivity contribution in [3.8, 4) is 0 Å². The quantitative estimate of drug-likeness (QED) is 0.817. The Bertz CT molecular complexity index is 538. The van der Waals surface area contributed by atoms with E-state index in [0.717, 1.165) is 45.3 Å². The molecule has 1 atom stereocenters. The summed E-state index contributed by atoms with van der Waals surface area (Å²) >= 11 is 0. The molecule has 3 rings (SSSR count). The minimum Gasteiger partial charge on any atom is -0.369 e. The van der Waals surface area contributed by atoms with E-state index in [-0.39, 0.29) is 24.3 Å². The minimum absolute atomic E-state index is 0.00504. The summed E-state index contributed by atoms with van der Waals surface area (Å²) in [4.78, 5) is 27.8. The molecule has 0 spiro atoms. The highest BCUT2D eigenvalue weighted by Crippen LogP contribution is 2.25. The van der Waals surface area contributed by atoms with Crippen LogP contribution in [0.2, 0.25) is 0 Å². The molecule has 0 radical (unpaired) electrons. The van der Waals surface area contributed by atoms with Crippen molar-refractivity contribution >= 4 is 11.8 Å². The highest BCUT2D eigenvalue weighted by molar-refractivity contribution is 5.79. The standard InChI is InChI=1S/C15H24N6O2/c16-14(22)9-19-5-1-2-12(8-19)15(23)20-6-3-13(4-7-20)21-10-17-18-11-21/h10-13H,1-9H2,(H2,16,22)/t12-/m1/s1. The highest BCUT2D eigenvalue weighted by Gasteiger charge is 2.32. The zero-order chi connectivity index (χ0) is 16.2. The first-order valence-electron chi connectivity index (χ1n) is 8.27. The fourth-order valence-corrected chi connectivity index (χ4v) is 3.66. The van der Waals surface area contributed by atoms with Crippen LogP contribution in [0.3, 0.4) is 0 Å². The predicted molar refractivity (Wildman–Crippen MR) is 83.2 cm³/mol. The van der Waals surface area contributed by atoms with Crippen LogP contribution in [0, 0.1) is 5.92 Å². The Labute approximate surface area is 135 Å². The molecule has 2 fully saturated rings. The third-order valence-corrected chi connectivity index (χ3v) is 4.87. The van der Waals surface area contributed by atoms with E-state index in [1.165, 1.54) is 0 Å². The summed E-state index contributed by atoms with van der Waals surface area (Å²) in [5.41, 5.74) is 5.26. The molecule has 1 aromatic rings. The molecule has 0 saturated carbocycles. The van der Waals surface area contributed by atoms with E-state index in [4.69, 9.17) is 5.73 Å². The molecule has 0 aliphatic carbocycles. The van der Waals surface area contributed by atoms with E-state index >= 15 is 0 Å². The number of amides is 2. The second kappa shape index (κ2) is 7.08. The van der Waals surface area contributed by atoms with E-state index in [1.807, 2.05) is 14.4 Å². The fourth-order valence-electron chi connectivity index (χ4n) is 3.66. The van der Waals surface area contributed by atoms with E-state index in [9.17, 15) is 9.59 Å². The fraction of sp³-hybridized carbons (Fsp3) is 0.733. The molecule has 23 heavy (non-hydrogen) atoms. The summed E-state index contributed by atoms with van der Waals surface area (Å²) in [6.45, 7) is 3.29. The Morgan fingerprint density at radius 3 is 2.43 bits per heavy atom. The summed E-state index contributed by atoms with van der Waals surface area (Å²) < 4.78 is 2.02. The maximum atomic E-state index is 12.7. The molecule has 1 aromatic heterocycles. The van der Waals surface area contributed by atoms with Gasteiger partial charge in [-0.1, -0.05) is 0 Å². The molecule has 0 unspecified atom stereocenters. The number of hydrogen-bond acceptors (Lipinski definition) is 5. The molecule has 8 nitrogen and oxygen atoms in total. The number of aromatic nitrogens is 3. The van der Waals surface area contributed by atoms with Gasteiger partial charge < -0.3 is 15.2 Å². The number of carbonyl (C=O) groups is 2. The number of nitrogens with two attached hydrogens (primary N) is 1. The van der Waals surface area contributed by atoms with Crippen molar-refractivity contribution in [3.05, 3.63) is 12.7 Å².